The molecule has 0 saturated carbocycles. The van der Waals surface area contributed by atoms with Crippen molar-refractivity contribution in [2.24, 2.45) is 0 Å². The number of nitrogens with zero attached hydrogens (tertiary/aromatic N) is 4. The lowest BCUT2D eigenvalue weighted by Crippen LogP contribution is -2.09. The summed E-state index contributed by atoms with van der Waals surface area (Å²) in [6, 6.07) is 4.24. The number of aromatic nitrogens is 5. The highest BCUT2D eigenvalue weighted by atomic mass is 19.4. The number of hydrogen-bond acceptors (Lipinski definition) is 6. The molecule has 2 N–H and O–H groups in total. The molecule has 10 heteroatoms. The molecule has 0 unspecified atom stereocenters. The van der Waals surface area contributed by atoms with Crippen LogP contribution in [0.1, 0.15) is 22.4 Å². The molecule has 0 spiro atoms. The average molecular weight is 414 g/mol. The lowest BCUT2D eigenvalue weighted by molar-refractivity contribution is -0.141. The predicted octanol–water partition coefficient (Wildman–Crippen LogP) is 3.98. The van der Waals surface area contributed by atoms with Gasteiger partial charge in [-0.2, -0.15) is 13.2 Å². The number of alkyl halides is 3. The number of pyridine rings is 2. The van der Waals surface area contributed by atoms with Gasteiger partial charge in [-0.25, -0.2) is 15.0 Å². The summed E-state index contributed by atoms with van der Waals surface area (Å²) in [5, 5.41) is 3.94. The fourth-order valence-corrected chi connectivity index (χ4v) is 2.93. The zero-order chi connectivity index (χ0) is 21.1. The second-order valence-electron chi connectivity index (χ2n) is 6.58. The highest BCUT2D eigenvalue weighted by Crippen LogP contribution is 2.27. The highest BCUT2D eigenvalue weighted by molar-refractivity contribution is 5.81. The number of hydrogen-bond donors (Lipinski definition) is 2. The Labute approximate surface area is 169 Å². The van der Waals surface area contributed by atoms with Crippen LogP contribution in [0.5, 0.6) is 5.75 Å². The molecule has 4 rings (SSSR count). The molecule has 7 nitrogen and oxygen atoms in total. The van der Waals surface area contributed by atoms with E-state index in [0.717, 1.165) is 28.2 Å². The van der Waals surface area contributed by atoms with Crippen LogP contribution in [-0.4, -0.2) is 32.0 Å². The Hall–Kier alpha value is -3.69. The number of rotatable bonds is 6. The topological polar surface area (TPSA) is 88.6 Å². The van der Waals surface area contributed by atoms with Crippen molar-refractivity contribution in [2.45, 2.75) is 19.1 Å². The van der Waals surface area contributed by atoms with Crippen molar-refractivity contribution in [3.63, 3.8) is 0 Å². The second-order valence-corrected chi connectivity index (χ2v) is 6.58. The summed E-state index contributed by atoms with van der Waals surface area (Å²) in [5.41, 5.74) is 2.39. The first-order chi connectivity index (χ1) is 14.4. The van der Waals surface area contributed by atoms with Crippen LogP contribution in [0.3, 0.4) is 0 Å². The Balaban J connectivity index is 1.40. The molecule has 0 saturated heterocycles. The molecule has 0 atom stereocenters. The third kappa shape index (κ3) is 4.32. The van der Waals surface area contributed by atoms with E-state index in [9.17, 15) is 13.2 Å². The zero-order valence-corrected chi connectivity index (χ0v) is 15.9. The van der Waals surface area contributed by atoms with Crippen molar-refractivity contribution >= 4 is 17.0 Å². The van der Waals surface area contributed by atoms with Crippen molar-refractivity contribution in [3.05, 3.63) is 71.6 Å². The standard InChI is InChI=1S/C20H17F3N6O/c1-30-15-5-16-14(10-25-18(16)26-11-15)4-13-8-28-19(29-9-13)27-7-12-2-3-17(24-6-12)20(21,22)23/h2-3,5-6,8-11H,4,7H2,1H3,(H,25,26)(H,27,28,29). The summed E-state index contributed by atoms with van der Waals surface area (Å²) in [7, 11) is 1.59. The molecule has 0 fully saturated rings. The number of fused-ring (bicyclic) bond motifs is 1. The highest BCUT2D eigenvalue weighted by Gasteiger charge is 2.31. The van der Waals surface area contributed by atoms with Gasteiger partial charge >= 0.3 is 6.18 Å². The van der Waals surface area contributed by atoms with E-state index in [4.69, 9.17) is 4.74 Å². The maximum Gasteiger partial charge on any atom is 0.433 e. The largest absolute Gasteiger partial charge is 0.495 e. The van der Waals surface area contributed by atoms with Crippen LogP contribution in [-0.2, 0) is 19.1 Å². The van der Waals surface area contributed by atoms with Gasteiger partial charge in [-0.3, -0.25) is 4.98 Å². The Morgan fingerprint density at radius 2 is 1.77 bits per heavy atom. The van der Waals surface area contributed by atoms with Crippen molar-refractivity contribution in [3.8, 4) is 5.75 Å². The normalized spacial score (nSPS) is 11.6. The summed E-state index contributed by atoms with van der Waals surface area (Å²) < 4.78 is 42.9. The monoisotopic (exact) mass is 414 g/mol. The number of aromatic amines is 1. The SMILES string of the molecule is COc1cnc2[nH]cc(Cc3cnc(NCc4ccc(C(F)(F)F)nc4)nc3)c2c1. The first-order valence-electron chi connectivity index (χ1n) is 8.99. The molecule has 4 aromatic heterocycles. The number of nitrogens with one attached hydrogen (secondary N) is 2. The third-order valence-electron chi connectivity index (χ3n) is 4.49. The molecular formula is C20H17F3N6O. The summed E-state index contributed by atoms with van der Waals surface area (Å²) in [5.74, 6) is 1.05. The van der Waals surface area contributed by atoms with E-state index in [0.29, 0.717) is 23.7 Å². The zero-order valence-electron chi connectivity index (χ0n) is 15.9. The van der Waals surface area contributed by atoms with Gasteiger partial charge in [0.05, 0.1) is 13.3 Å². The Morgan fingerprint density at radius 3 is 2.43 bits per heavy atom. The van der Waals surface area contributed by atoms with Gasteiger partial charge in [0, 0.05) is 43.1 Å². The average Bonchev–Trinajstić information content (AvgIpc) is 3.15. The summed E-state index contributed by atoms with van der Waals surface area (Å²) in [6.07, 6.45) is 4.29. The molecular weight excluding hydrogens is 397 g/mol. The number of halogens is 3. The minimum atomic E-state index is -4.45. The minimum Gasteiger partial charge on any atom is -0.495 e. The molecule has 0 aliphatic carbocycles. The third-order valence-corrected chi connectivity index (χ3v) is 4.49. The molecule has 4 aromatic rings. The quantitative estimate of drug-likeness (QED) is 0.496. The first-order valence-corrected chi connectivity index (χ1v) is 8.99. The number of ether oxygens (including phenoxy) is 1. The smallest absolute Gasteiger partial charge is 0.433 e. The van der Waals surface area contributed by atoms with Crippen molar-refractivity contribution < 1.29 is 17.9 Å². The van der Waals surface area contributed by atoms with E-state index in [1.165, 1.54) is 12.3 Å². The van der Waals surface area contributed by atoms with Gasteiger partial charge in [0.25, 0.3) is 0 Å². The summed E-state index contributed by atoms with van der Waals surface area (Å²) in [6.45, 7) is 0.262. The Morgan fingerprint density at radius 1 is 1.00 bits per heavy atom. The molecule has 0 aliphatic heterocycles. The van der Waals surface area contributed by atoms with Gasteiger partial charge in [0.1, 0.15) is 17.1 Å². The van der Waals surface area contributed by atoms with Crippen LogP contribution in [0, 0.1) is 0 Å². The van der Waals surface area contributed by atoms with E-state index >= 15 is 0 Å². The number of anilines is 1. The molecule has 0 amide bonds. The first kappa shape index (κ1) is 19.6. The molecule has 30 heavy (non-hydrogen) atoms. The van der Waals surface area contributed by atoms with E-state index in [2.05, 4.69) is 30.2 Å². The van der Waals surface area contributed by atoms with Gasteiger partial charge in [-0.05, 0) is 28.8 Å². The van der Waals surface area contributed by atoms with E-state index in [1.807, 2.05) is 12.3 Å². The maximum absolute atomic E-state index is 12.6. The van der Waals surface area contributed by atoms with Crippen molar-refractivity contribution in [1.82, 2.24) is 24.9 Å². The molecule has 0 radical (unpaired) electrons. The van der Waals surface area contributed by atoms with Gasteiger partial charge in [0.15, 0.2) is 0 Å². The van der Waals surface area contributed by atoms with Crippen LogP contribution in [0.25, 0.3) is 11.0 Å². The fourth-order valence-electron chi connectivity index (χ4n) is 2.93. The maximum atomic E-state index is 12.6. The van der Waals surface area contributed by atoms with Gasteiger partial charge in [-0.15, -0.1) is 0 Å². The van der Waals surface area contributed by atoms with Crippen LogP contribution < -0.4 is 10.1 Å². The second kappa shape index (κ2) is 7.97. The van der Waals surface area contributed by atoms with Crippen LogP contribution in [0.2, 0.25) is 0 Å². The van der Waals surface area contributed by atoms with Crippen LogP contribution in [0.15, 0.2) is 49.2 Å². The Bertz CT molecular complexity index is 1140. The molecule has 154 valence electrons. The molecule has 0 bridgehead atoms. The van der Waals surface area contributed by atoms with Crippen molar-refractivity contribution in [1.29, 1.82) is 0 Å². The van der Waals surface area contributed by atoms with E-state index in [-0.39, 0.29) is 6.54 Å². The number of H-pyrrole nitrogens is 1. The van der Waals surface area contributed by atoms with Gasteiger partial charge in [-0.1, -0.05) is 6.07 Å². The van der Waals surface area contributed by atoms with Crippen molar-refractivity contribution in [2.75, 3.05) is 12.4 Å². The lowest BCUT2D eigenvalue weighted by atomic mass is 10.1. The Kier molecular flexibility index (Phi) is 5.21. The number of methoxy groups -OCH3 is 1. The summed E-state index contributed by atoms with van der Waals surface area (Å²) in [4.78, 5) is 19.4. The van der Waals surface area contributed by atoms with Gasteiger partial charge in [0.2, 0.25) is 5.95 Å². The molecule has 0 aromatic carbocycles. The fraction of sp³-hybridized carbons (Fsp3) is 0.200. The van der Waals surface area contributed by atoms with Crippen LogP contribution >= 0.6 is 0 Å². The minimum absolute atomic E-state index is 0.262. The molecule has 4 heterocycles. The van der Waals surface area contributed by atoms with Crippen LogP contribution in [0.4, 0.5) is 19.1 Å². The van der Waals surface area contributed by atoms with E-state index < -0.39 is 11.9 Å². The predicted molar refractivity (Wildman–Crippen MR) is 104 cm³/mol. The van der Waals surface area contributed by atoms with Gasteiger partial charge < -0.3 is 15.0 Å². The van der Waals surface area contributed by atoms with E-state index in [1.54, 1.807) is 25.7 Å². The molecule has 0 aliphatic rings. The lowest BCUT2D eigenvalue weighted by Gasteiger charge is -2.08. The summed E-state index contributed by atoms with van der Waals surface area (Å²) >= 11 is 0.